The summed E-state index contributed by atoms with van der Waals surface area (Å²) in [4.78, 5) is 16.4. The molecule has 16 rings (SSSR count). The molecule has 4 fully saturated rings. The zero-order valence-corrected chi connectivity index (χ0v) is 35.1. The van der Waals surface area contributed by atoms with Crippen molar-refractivity contribution in [2.75, 3.05) is 0 Å². The number of para-hydroxylation sites is 2. The summed E-state index contributed by atoms with van der Waals surface area (Å²) in [6.07, 6.45) is 6.63. The molecule has 0 unspecified atom stereocenters. The summed E-state index contributed by atoms with van der Waals surface area (Å²) < 4.78 is 12.6. The molecule has 0 N–H and O–H groups in total. The average molecular weight is 824 g/mol. The summed E-state index contributed by atoms with van der Waals surface area (Å²) in [5, 5.41) is 6.72. The minimum absolute atomic E-state index is 0.0546. The molecule has 5 nitrogen and oxygen atoms in total. The smallest absolute Gasteiger partial charge is 0.164 e. The van der Waals surface area contributed by atoms with E-state index in [9.17, 15) is 0 Å². The molecule has 0 amide bonds. The normalized spacial score (nSPS) is 21.8. The molecular formula is C59H41N3O2. The van der Waals surface area contributed by atoms with E-state index in [-0.39, 0.29) is 5.41 Å². The van der Waals surface area contributed by atoms with E-state index in [2.05, 4.69) is 146 Å². The molecule has 3 aromatic heterocycles. The Bertz CT molecular complexity index is 3750. The molecule has 64 heavy (non-hydrogen) atoms. The van der Waals surface area contributed by atoms with Gasteiger partial charge in [-0.25, -0.2) is 15.0 Å². The van der Waals surface area contributed by atoms with E-state index in [0.717, 1.165) is 77.8 Å². The van der Waals surface area contributed by atoms with Gasteiger partial charge in [0.15, 0.2) is 17.5 Å². The molecule has 4 bridgehead atoms. The molecule has 5 aliphatic rings. The third-order valence-electron chi connectivity index (χ3n) is 15.9. The second kappa shape index (κ2) is 12.9. The summed E-state index contributed by atoms with van der Waals surface area (Å²) in [6.45, 7) is 0. The van der Waals surface area contributed by atoms with Gasteiger partial charge in [0.25, 0.3) is 0 Å². The highest BCUT2D eigenvalue weighted by Gasteiger charge is 2.62. The Morgan fingerprint density at radius 2 is 0.922 bits per heavy atom. The fourth-order valence-electron chi connectivity index (χ4n) is 13.5. The fraction of sp³-hybridized carbons (Fsp3) is 0.169. The third-order valence-corrected chi connectivity index (χ3v) is 15.9. The Morgan fingerprint density at radius 1 is 0.375 bits per heavy atom. The maximum atomic E-state index is 6.36. The SMILES string of the molecule is c1ccc2c(c1)-c1c(-c3nc(-c4ccc5ccccc5c4)nc(-c4ccc5oc6ccccc6c5c4)n3)cc(-c3ccc4oc5ccccc5c4c3)cc1C21C2CC3CC(C2)CC1C3. The molecule has 0 radical (unpaired) electrons. The largest absolute Gasteiger partial charge is 0.456 e. The number of hydrogen-bond donors (Lipinski definition) is 0. The van der Waals surface area contributed by atoms with Crippen LogP contribution in [-0.4, -0.2) is 15.0 Å². The molecule has 0 saturated heterocycles. The summed E-state index contributed by atoms with van der Waals surface area (Å²) in [5.74, 6) is 4.87. The molecule has 3 heterocycles. The van der Waals surface area contributed by atoms with Crippen LogP contribution in [0.15, 0.2) is 173 Å². The predicted molar refractivity (Wildman–Crippen MR) is 257 cm³/mol. The highest BCUT2D eigenvalue weighted by molar-refractivity contribution is 6.07. The van der Waals surface area contributed by atoms with Crippen LogP contribution >= 0.6 is 0 Å². The van der Waals surface area contributed by atoms with E-state index in [1.165, 1.54) is 70.9 Å². The Morgan fingerprint density at radius 3 is 1.64 bits per heavy atom. The predicted octanol–water partition coefficient (Wildman–Crippen LogP) is 15.2. The summed E-state index contributed by atoms with van der Waals surface area (Å²) in [7, 11) is 0. The van der Waals surface area contributed by atoms with Crippen LogP contribution < -0.4 is 0 Å². The molecule has 0 atom stereocenters. The van der Waals surface area contributed by atoms with E-state index in [4.69, 9.17) is 23.8 Å². The van der Waals surface area contributed by atoms with Crippen LogP contribution in [0.5, 0.6) is 0 Å². The van der Waals surface area contributed by atoms with Crippen molar-refractivity contribution < 1.29 is 8.83 Å². The highest BCUT2D eigenvalue weighted by atomic mass is 16.3. The summed E-state index contributed by atoms with van der Waals surface area (Å²) in [5.41, 5.74) is 14.4. The number of nitrogens with zero attached hydrogens (tertiary/aromatic N) is 3. The highest BCUT2D eigenvalue weighted by Crippen LogP contribution is 2.70. The molecule has 4 saturated carbocycles. The van der Waals surface area contributed by atoms with Crippen molar-refractivity contribution in [1.29, 1.82) is 0 Å². The number of rotatable bonds is 4. The monoisotopic (exact) mass is 823 g/mol. The standard InChI is InChI=1S/C59H41N3O2/c1-2-10-36-28-38(18-17-35(36)9-1)56-60-57(39-20-22-54-47(30-39)44-12-5-8-16-52(44)64-54)62-58(61-56)48-31-40(37-19-21-53-46(29-37)43-11-4-7-15-51(43)63-53)32-50-55(48)45-13-3-6-14-49(45)59(50)41-24-33-23-34(26-41)27-42(59)25-33/h1-22,28-34,41-42H,23-27H2. The Labute approximate surface area is 369 Å². The van der Waals surface area contributed by atoms with Gasteiger partial charge in [0, 0.05) is 43.7 Å². The lowest BCUT2D eigenvalue weighted by Crippen LogP contribution is -2.55. The third kappa shape index (κ3) is 4.87. The van der Waals surface area contributed by atoms with Gasteiger partial charge in [0.1, 0.15) is 22.3 Å². The van der Waals surface area contributed by atoms with E-state index in [0.29, 0.717) is 29.3 Å². The summed E-state index contributed by atoms with van der Waals surface area (Å²) in [6, 6.07) is 59.1. The fourth-order valence-corrected chi connectivity index (χ4v) is 13.5. The van der Waals surface area contributed by atoms with E-state index in [1.807, 2.05) is 18.2 Å². The van der Waals surface area contributed by atoms with Crippen molar-refractivity contribution in [1.82, 2.24) is 15.0 Å². The number of fused-ring (bicyclic) bond motifs is 10. The first-order valence-corrected chi connectivity index (χ1v) is 23.0. The van der Waals surface area contributed by atoms with Crippen LogP contribution in [0.3, 0.4) is 0 Å². The maximum absolute atomic E-state index is 6.36. The number of benzene rings is 8. The zero-order chi connectivity index (χ0) is 41.7. The van der Waals surface area contributed by atoms with Crippen molar-refractivity contribution in [3.63, 3.8) is 0 Å². The van der Waals surface area contributed by atoms with Crippen LogP contribution in [0, 0.1) is 23.7 Å². The Kier molecular flexibility index (Phi) is 7.06. The molecular weight excluding hydrogens is 783 g/mol. The molecule has 5 heteroatoms. The van der Waals surface area contributed by atoms with Gasteiger partial charge in [0.05, 0.1) is 0 Å². The first-order valence-electron chi connectivity index (χ1n) is 23.0. The molecule has 1 spiro atoms. The number of hydrogen-bond acceptors (Lipinski definition) is 5. The van der Waals surface area contributed by atoms with Gasteiger partial charge < -0.3 is 8.83 Å². The van der Waals surface area contributed by atoms with Crippen LogP contribution in [0.4, 0.5) is 0 Å². The van der Waals surface area contributed by atoms with Crippen LogP contribution in [0.25, 0.3) is 111 Å². The zero-order valence-electron chi connectivity index (χ0n) is 35.1. The molecule has 5 aliphatic carbocycles. The topological polar surface area (TPSA) is 65.0 Å². The second-order valence-electron chi connectivity index (χ2n) is 19.2. The molecule has 11 aromatic rings. The maximum Gasteiger partial charge on any atom is 0.164 e. The van der Waals surface area contributed by atoms with Gasteiger partial charge in [-0.1, -0.05) is 103 Å². The minimum Gasteiger partial charge on any atom is -0.456 e. The number of furan rings is 2. The van der Waals surface area contributed by atoms with Crippen molar-refractivity contribution in [2.45, 2.75) is 37.5 Å². The first-order chi connectivity index (χ1) is 31.6. The van der Waals surface area contributed by atoms with Gasteiger partial charge in [-0.3, -0.25) is 0 Å². The van der Waals surface area contributed by atoms with Gasteiger partial charge >= 0.3 is 0 Å². The van der Waals surface area contributed by atoms with Crippen LogP contribution in [-0.2, 0) is 5.41 Å². The Balaban J connectivity index is 1.02. The van der Waals surface area contributed by atoms with Gasteiger partial charge in [-0.2, -0.15) is 0 Å². The summed E-state index contributed by atoms with van der Waals surface area (Å²) >= 11 is 0. The van der Waals surface area contributed by atoms with Crippen molar-refractivity contribution in [2.24, 2.45) is 23.7 Å². The average Bonchev–Trinajstić information content (AvgIpc) is 4.00. The first kappa shape index (κ1) is 35.1. The molecule has 0 aliphatic heterocycles. The van der Waals surface area contributed by atoms with E-state index < -0.39 is 0 Å². The van der Waals surface area contributed by atoms with E-state index in [1.54, 1.807) is 0 Å². The van der Waals surface area contributed by atoms with Crippen molar-refractivity contribution in [3.05, 3.63) is 175 Å². The van der Waals surface area contributed by atoms with Crippen molar-refractivity contribution in [3.8, 4) is 56.4 Å². The second-order valence-corrected chi connectivity index (χ2v) is 19.2. The lowest BCUT2D eigenvalue weighted by molar-refractivity contribution is -0.0399. The molecule has 304 valence electrons. The van der Waals surface area contributed by atoms with Gasteiger partial charge in [0.2, 0.25) is 0 Å². The van der Waals surface area contributed by atoms with Crippen LogP contribution in [0.2, 0.25) is 0 Å². The van der Waals surface area contributed by atoms with E-state index >= 15 is 0 Å². The Hall–Kier alpha value is -7.37. The minimum atomic E-state index is -0.0546. The quantitative estimate of drug-likeness (QED) is 0.177. The lowest BCUT2D eigenvalue weighted by Gasteiger charge is -2.61. The lowest BCUT2D eigenvalue weighted by atomic mass is 9.43. The number of aromatic nitrogens is 3. The van der Waals surface area contributed by atoms with Gasteiger partial charge in [-0.05, 0) is 161 Å². The van der Waals surface area contributed by atoms with Gasteiger partial charge in [-0.15, -0.1) is 0 Å². The van der Waals surface area contributed by atoms with Crippen LogP contribution in [0.1, 0.15) is 43.2 Å². The molecule has 8 aromatic carbocycles. The van der Waals surface area contributed by atoms with Crippen molar-refractivity contribution >= 4 is 54.6 Å².